The molecule has 0 bridgehead atoms. The summed E-state index contributed by atoms with van der Waals surface area (Å²) >= 11 is 9.41. The average Bonchev–Trinajstić information content (AvgIpc) is 3.18. The van der Waals surface area contributed by atoms with E-state index >= 15 is 0 Å². The Bertz CT molecular complexity index is 933. The Kier molecular flexibility index (Phi) is 4.70. The molecule has 132 valence electrons. The molecule has 2 aliphatic rings. The molecule has 7 heteroatoms. The Morgan fingerprint density at radius 1 is 1.31 bits per heavy atom. The van der Waals surface area contributed by atoms with Crippen LogP contribution < -0.4 is 4.90 Å². The fraction of sp³-hybridized carbons (Fsp3) is 0.263. The Labute approximate surface area is 165 Å². The lowest BCUT2D eigenvalue weighted by Crippen LogP contribution is -2.47. The Hall–Kier alpha value is -1.94. The molecular weight excluding hydrogens is 386 g/mol. The lowest BCUT2D eigenvalue weighted by molar-refractivity contribution is -0.129. The van der Waals surface area contributed by atoms with Gasteiger partial charge in [-0.15, -0.1) is 11.3 Å². The van der Waals surface area contributed by atoms with Gasteiger partial charge < -0.3 is 4.90 Å². The number of thiophene rings is 1. The minimum atomic E-state index is -0.120. The smallest absolute Gasteiger partial charge is 0.229 e. The Morgan fingerprint density at radius 2 is 2.15 bits per heavy atom. The molecule has 0 spiro atoms. The fourth-order valence-corrected chi connectivity index (χ4v) is 5.55. The van der Waals surface area contributed by atoms with Crippen molar-refractivity contribution in [2.24, 2.45) is 0 Å². The summed E-state index contributed by atoms with van der Waals surface area (Å²) in [6.07, 6.45) is 0.343. The molecule has 2 aromatic rings. The van der Waals surface area contributed by atoms with Crippen molar-refractivity contribution in [2.75, 3.05) is 17.4 Å². The zero-order valence-corrected chi connectivity index (χ0v) is 16.5. The second-order valence-corrected chi connectivity index (χ2v) is 8.58. The number of fused-ring (bicyclic) bond motifs is 1. The number of hydrogen-bond donors (Lipinski definition) is 0. The number of rotatable bonds is 2. The van der Waals surface area contributed by atoms with Gasteiger partial charge in [-0.25, -0.2) is 0 Å². The van der Waals surface area contributed by atoms with E-state index in [1.807, 2.05) is 42.6 Å². The van der Waals surface area contributed by atoms with Crippen LogP contribution in [0, 0.1) is 18.3 Å². The number of carbonyl (C=O) groups excluding carboxylic acids is 1. The van der Waals surface area contributed by atoms with Crippen molar-refractivity contribution in [3.05, 3.63) is 61.8 Å². The van der Waals surface area contributed by atoms with Crippen molar-refractivity contribution in [1.29, 1.82) is 5.26 Å². The molecule has 1 unspecified atom stereocenters. The van der Waals surface area contributed by atoms with Crippen molar-refractivity contribution < 1.29 is 4.79 Å². The van der Waals surface area contributed by atoms with Gasteiger partial charge in [-0.05, 0) is 36.1 Å². The summed E-state index contributed by atoms with van der Waals surface area (Å²) in [7, 11) is 0. The highest BCUT2D eigenvalue weighted by Gasteiger charge is 2.38. The molecule has 1 fully saturated rings. The van der Waals surface area contributed by atoms with Gasteiger partial charge in [0.05, 0.1) is 29.2 Å². The second kappa shape index (κ2) is 6.99. The third-order valence-electron chi connectivity index (χ3n) is 4.76. The maximum atomic E-state index is 12.8. The number of benzene rings is 1. The molecule has 0 radical (unpaired) electrons. The Morgan fingerprint density at radius 3 is 2.88 bits per heavy atom. The van der Waals surface area contributed by atoms with Crippen molar-refractivity contribution >= 4 is 46.3 Å². The summed E-state index contributed by atoms with van der Waals surface area (Å²) in [5.41, 5.74) is 2.74. The van der Waals surface area contributed by atoms with E-state index in [1.165, 1.54) is 0 Å². The number of allylic oxidation sites excluding steroid dienone is 1. The molecule has 1 amide bonds. The number of carbonyl (C=O) groups is 1. The first-order valence-corrected chi connectivity index (χ1v) is 10.5. The van der Waals surface area contributed by atoms with Crippen molar-refractivity contribution in [3.8, 4) is 6.07 Å². The number of thioether (sulfide) groups is 1. The summed E-state index contributed by atoms with van der Waals surface area (Å²) in [5.74, 6) is 0.628. The van der Waals surface area contributed by atoms with Gasteiger partial charge in [0.2, 0.25) is 5.91 Å². The molecule has 3 heterocycles. The van der Waals surface area contributed by atoms with Gasteiger partial charge in [-0.1, -0.05) is 35.5 Å². The van der Waals surface area contributed by atoms with Crippen LogP contribution in [-0.4, -0.2) is 23.4 Å². The van der Waals surface area contributed by atoms with Gasteiger partial charge in [0.1, 0.15) is 0 Å². The second-order valence-electron chi connectivity index (χ2n) is 6.26. The predicted octanol–water partition coefficient (Wildman–Crippen LogP) is 4.93. The SMILES string of the molecule is Cc1c(Cl)cccc1N1CSC2=C(C#N)C(c3cccs3)CC(=O)N2C1. The van der Waals surface area contributed by atoms with Gasteiger partial charge in [-0.2, -0.15) is 5.26 Å². The summed E-state index contributed by atoms with van der Waals surface area (Å²) in [5, 5.41) is 13.3. The van der Waals surface area contributed by atoms with Crippen molar-refractivity contribution in [3.63, 3.8) is 0 Å². The molecule has 0 saturated carbocycles. The number of hydrogen-bond acceptors (Lipinski definition) is 5. The summed E-state index contributed by atoms with van der Waals surface area (Å²) in [6.45, 7) is 2.43. The van der Waals surface area contributed by atoms with Crippen LogP contribution in [0.25, 0.3) is 0 Å². The summed E-state index contributed by atoms with van der Waals surface area (Å²) < 4.78 is 0. The first-order valence-electron chi connectivity index (χ1n) is 8.21. The monoisotopic (exact) mass is 401 g/mol. The van der Waals surface area contributed by atoms with E-state index in [1.54, 1.807) is 28.0 Å². The van der Waals surface area contributed by atoms with Crippen LogP contribution >= 0.6 is 34.7 Å². The van der Waals surface area contributed by atoms with Crippen molar-refractivity contribution in [2.45, 2.75) is 19.3 Å². The highest BCUT2D eigenvalue weighted by atomic mass is 35.5. The summed E-state index contributed by atoms with van der Waals surface area (Å²) in [4.78, 5) is 17.8. The fourth-order valence-electron chi connectivity index (χ4n) is 3.39. The third-order valence-corrected chi connectivity index (χ3v) is 7.31. The molecular formula is C19H16ClN3OS2. The molecule has 0 aliphatic carbocycles. The first-order chi connectivity index (χ1) is 12.6. The number of nitrogens with zero attached hydrogens (tertiary/aromatic N) is 3. The molecule has 1 aromatic carbocycles. The van der Waals surface area contributed by atoms with E-state index in [0.29, 0.717) is 29.6 Å². The highest BCUT2D eigenvalue weighted by molar-refractivity contribution is 8.03. The highest BCUT2D eigenvalue weighted by Crippen LogP contribution is 2.44. The van der Waals surface area contributed by atoms with E-state index < -0.39 is 0 Å². The largest absolute Gasteiger partial charge is 0.343 e. The van der Waals surface area contributed by atoms with Gasteiger partial charge >= 0.3 is 0 Å². The van der Waals surface area contributed by atoms with Crippen LogP contribution in [0.5, 0.6) is 0 Å². The van der Waals surface area contributed by atoms with Crippen LogP contribution in [0.3, 0.4) is 0 Å². The molecule has 4 rings (SSSR count). The number of nitriles is 1. The molecule has 26 heavy (non-hydrogen) atoms. The molecule has 4 nitrogen and oxygen atoms in total. The van der Waals surface area contributed by atoms with Crippen LogP contribution in [0.2, 0.25) is 5.02 Å². The molecule has 2 aliphatic heterocycles. The van der Waals surface area contributed by atoms with Crippen molar-refractivity contribution in [1.82, 2.24) is 4.90 Å². The third kappa shape index (κ3) is 2.90. The predicted molar refractivity (Wildman–Crippen MR) is 107 cm³/mol. The zero-order chi connectivity index (χ0) is 18.3. The van der Waals surface area contributed by atoms with E-state index in [-0.39, 0.29) is 11.8 Å². The maximum Gasteiger partial charge on any atom is 0.229 e. The molecule has 1 atom stereocenters. The molecule has 1 saturated heterocycles. The number of amides is 1. The minimum Gasteiger partial charge on any atom is -0.343 e. The molecule has 1 aromatic heterocycles. The lowest BCUT2D eigenvalue weighted by atomic mass is 9.92. The average molecular weight is 402 g/mol. The Balaban J connectivity index is 1.68. The van der Waals surface area contributed by atoms with Crippen LogP contribution in [0.1, 0.15) is 22.8 Å². The maximum absolute atomic E-state index is 12.8. The van der Waals surface area contributed by atoms with E-state index in [2.05, 4.69) is 11.0 Å². The van der Waals surface area contributed by atoms with Gasteiger partial charge in [0.15, 0.2) is 0 Å². The zero-order valence-electron chi connectivity index (χ0n) is 14.1. The molecule has 0 N–H and O–H groups in total. The first kappa shape index (κ1) is 17.5. The van der Waals surface area contributed by atoms with Crippen LogP contribution in [0.15, 0.2) is 46.3 Å². The topological polar surface area (TPSA) is 47.3 Å². The quantitative estimate of drug-likeness (QED) is 0.715. The van der Waals surface area contributed by atoms with E-state index in [4.69, 9.17) is 11.6 Å². The summed E-state index contributed by atoms with van der Waals surface area (Å²) in [6, 6.07) is 12.2. The van der Waals surface area contributed by atoms with E-state index in [0.717, 1.165) is 21.2 Å². The minimum absolute atomic E-state index is 0.0641. The standard InChI is InChI=1S/C19H16ClN3OS2/c1-12-15(20)4-2-5-16(12)22-10-23-18(24)8-13(17-6-3-7-25-17)14(9-21)19(23)26-11-22/h2-7,13H,8,10-11H2,1H3. The van der Waals surface area contributed by atoms with E-state index in [9.17, 15) is 10.1 Å². The van der Waals surface area contributed by atoms with Crippen LogP contribution in [-0.2, 0) is 4.79 Å². The van der Waals surface area contributed by atoms with Crippen LogP contribution in [0.4, 0.5) is 5.69 Å². The van der Waals surface area contributed by atoms with Gasteiger partial charge in [-0.3, -0.25) is 9.69 Å². The lowest BCUT2D eigenvalue weighted by Gasteiger charge is -2.42. The normalized spacial score (nSPS) is 20.2. The number of anilines is 1. The van der Waals surface area contributed by atoms with Gasteiger partial charge in [0, 0.05) is 27.9 Å². The number of halogens is 1. The van der Waals surface area contributed by atoms with Gasteiger partial charge in [0.25, 0.3) is 0 Å².